The molecular formula is C14H15NO. The number of carbonyl (C=O) groups is 1. The number of hydrogen-bond acceptors (Lipinski definition) is 2. The SMILES string of the molecule is CC1CCC(c2ccc(C#N)cc2)C(=O)C1. The number of benzene rings is 1. The second kappa shape index (κ2) is 4.49. The van der Waals surface area contributed by atoms with E-state index in [1.54, 1.807) is 12.1 Å². The Balaban J connectivity index is 2.18. The van der Waals surface area contributed by atoms with Crippen molar-refractivity contribution < 1.29 is 4.79 Å². The Hall–Kier alpha value is -1.62. The first-order chi connectivity index (χ1) is 7.70. The van der Waals surface area contributed by atoms with Crippen molar-refractivity contribution in [2.75, 3.05) is 0 Å². The van der Waals surface area contributed by atoms with Crippen molar-refractivity contribution in [3.05, 3.63) is 35.4 Å². The summed E-state index contributed by atoms with van der Waals surface area (Å²) >= 11 is 0. The van der Waals surface area contributed by atoms with Gasteiger partial charge in [-0.1, -0.05) is 19.1 Å². The van der Waals surface area contributed by atoms with Crippen LogP contribution in [0.5, 0.6) is 0 Å². The van der Waals surface area contributed by atoms with Crippen LogP contribution in [-0.4, -0.2) is 5.78 Å². The number of rotatable bonds is 1. The average Bonchev–Trinajstić information content (AvgIpc) is 2.29. The highest BCUT2D eigenvalue weighted by Gasteiger charge is 2.27. The lowest BCUT2D eigenvalue weighted by Crippen LogP contribution is -2.21. The molecular weight excluding hydrogens is 198 g/mol. The van der Waals surface area contributed by atoms with Crippen LogP contribution in [0.3, 0.4) is 0 Å². The Bertz CT molecular complexity index is 427. The third-order valence-electron chi connectivity index (χ3n) is 3.33. The van der Waals surface area contributed by atoms with Gasteiger partial charge in [-0.3, -0.25) is 4.79 Å². The molecule has 0 bridgehead atoms. The van der Waals surface area contributed by atoms with Gasteiger partial charge >= 0.3 is 0 Å². The van der Waals surface area contributed by atoms with Gasteiger partial charge in [0.25, 0.3) is 0 Å². The largest absolute Gasteiger partial charge is 0.299 e. The normalized spacial score (nSPS) is 25.1. The molecule has 1 fully saturated rings. The first kappa shape index (κ1) is 10.9. The predicted molar refractivity (Wildman–Crippen MR) is 61.9 cm³/mol. The van der Waals surface area contributed by atoms with Gasteiger partial charge in [-0.2, -0.15) is 5.26 Å². The van der Waals surface area contributed by atoms with E-state index in [-0.39, 0.29) is 5.92 Å². The average molecular weight is 213 g/mol. The van der Waals surface area contributed by atoms with Crippen LogP contribution in [-0.2, 0) is 4.79 Å². The van der Waals surface area contributed by atoms with E-state index in [2.05, 4.69) is 13.0 Å². The Labute approximate surface area is 95.9 Å². The minimum absolute atomic E-state index is 0.0592. The lowest BCUT2D eigenvalue weighted by Gasteiger charge is -2.25. The lowest BCUT2D eigenvalue weighted by molar-refractivity contribution is -0.123. The smallest absolute Gasteiger partial charge is 0.140 e. The summed E-state index contributed by atoms with van der Waals surface area (Å²) in [6.45, 7) is 2.13. The maximum Gasteiger partial charge on any atom is 0.140 e. The number of nitriles is 1. The summed E-state index contributed by atoms with van der Waals surface area (Å²) in [6, 6.07) is 9.50. The Morgan fingerprint density at radius 2 is 1.94 bits per heavy atom. The summed E-state index contributed by atoms with van der Waals surface area (Å²) in [5, 5.41) is 8.71. The summed E-state index contributed by atoms with van der Waals surface area (Å²) < 4.78 is 0. The van der Waals surface area contributed by atoms with Gasteiger partial charge in [0.05, 0.1) is 11.6 Å². The highest BCUT2D eigenvalue weighted by molar-refractivity contribution is 5.86. The van der Waals surface area contributed by atoms with Crippen LogP contribution in [0.15, 0.2) is 24.3 Å². The minimum atomic E-state index is 0.0592. The van der Waals surface area contributed by atoms with Crippen LogP contribution in [0.4, 0.5) is 0 Å². The molecule has 82 valence electrons. The Morgan fingerprint density at radius 1 is 1.25 bits per heavy atom. The maximum absolute atomic E-state index is 11.9. The number of ketones is 1. The van der Waals surface area contributed by atoms with Crippen LogP contribution in [0.1, 0.15) is 43.2 Å². The van der Waals surface area contributed by atoms with Crippen LogP contribution in [0.25, 0.3) is 0 Å². The monoisotopic (exact) mass is 213 g/mol. The Morgan fingerprint density at radius 3 is 2.50 bits per heavy atom. The van der Waals surface area contributed by atoms with Crippen LogP contribution >= 0.6 is 0 Å². The molecule has 2 nitrogen and oxygen atoms in total. The van der Waals surface area contributed by atoms with Gasteiger partial charge in [-0.25, -0.2) is 0 Å². The van der Waals surface area contributed by atoms with E-state index in [0.29, 0.717) is 23.7 Å². The van der Waals surface area contributed by atoms with Crippen molar-refractivity contribution in [3.8, 4) is 6.07 Å². The van der Waals surface area contributed by atoms with Gasteiger partial charge in [0.1, 0.15) is 5.78 Å². The fourth-order valence-electron chi connectivity index (χ4n) is 2.34. The topological polar surface area (TPSA) is 40.9 Å². The summed E-state index contributed by atoms with van der Waals surface area (Å²) in [6.07, 6.45) is 2.77. The second-order valence-corrected chi connectivity index (χ2v) is 4.64. The van der Waals surface area contributed by atoms with Gasteiger partial charge in [0.2, 0.25) is 0 Å². The van der Waals surface area contributed by atoms with Crippen molar-refractivity contribution in [2.24, 2.45) is 5.92 Å². The van der Waals surface area contributed by atoms with Crippen LogP contribution in [0, 0.1) is 17.2 Å². The molecule has 0 amide bonds. The number of Topliss-reactive ketones (excluding diaryl/α,β-unsaturated/α-hetero) is 1. The van der Waals surface area contributed by atoms with Crippen molar-refractivity contribution in [2.45, 2.75) is 32.1 Å². The van der Waals surface area contributed by atoms with E-state index in [0.717, 1.165) is 18.4 Å². The molecule has 0 spiro atoms. The number of hydrogen-bond donors (Lipinski definition) is 0. The maximum atomic E-state index is 11.9. The van der Waals surface area contributed by atoms with E-state index in [1.165, 1.54) is 0 Å². The van der Waals surface area contributed by atoms with E-state index in [1.807, 2.05) is 12.1 Å². The molecule has 1 aromatic rings. The fourth-order valence-corrected chi connectivity index (χ4v) is 2.34. The molecule has 1 aliphatic rings. The molecule has 2 unspecified atom stereocenters. The summed E-state index contributed by atoms with van der Waals surface area (Å²) in [5.41, 5.74) is 1.72. The second-order valence-electron chi connectivity index (χ2n) is 4.64. The molecule has 2 rings (SSSR count). The molecule has 1 saturated carbocycles. The molecule has 0 heterocycles. The van der Waals surface area contributed by atoms with Gasteiger partial charge in [0.15, 0.2) is 0 Å². The molecule has 0 aromatic heterocycles. The quantitative estimate of drug-likeness (QED) is 0.719. The molecule has 0 saturated heterocycles. The van der Waals surface area contributed by atoms with Crippen molar-refractivity contribution >= 4 is 5.78 Å². The first-order valence-corrected chi connectivity index (χ1v) is 5.73. The van der Waals surface area contributed by atoms with Crippen molar-refractivity contribution in [3.63, 3.8) is 0 Å². The van der Waals surface area contributed by atoms with Crippen LogP contribution in [0.2, 0.25) is 0 Å². The van der Waals surface area contributed by atoms with Crippen LogP contribution < -0.4 is 0 Å². The van der Waals surface area contributed by atoms with Gasteiger partial charge in [-0.05, 0) is 36.5 Å². The Kier molecular flexibility index (Phi) is 3.05. The first-order valence-electron chi connectivity index (χ1n) is 5.73. The molecule has 0 aliphatic heterocycles. The minimum Gasteiger partial charge on any atom is -0.299 e. The van der Waals surface area contributed by atoms with Gasteiger partial charge in [-0.15, -0.1) is 0 Å². The van der Waals surface area contributed by atoms with E-state index in [9.17, 15) is 4.79 Å². The molecule has 2 atom stereocenters. The third kappa shape index (κ3) is 2.14. The highest BCUT2D eigenvalue weighted by atomic mass is 16.1. The highest BCUT2D eigenvalue weighted by Crippen LogP contribution is 2.32. The standard InChI is InChI=1S/C14H15NO/c1-10-2-7-13(14(16)8-10)12-5-3-11(9-15)4-6-12/h3-6,10,13H,2,7-8H2,1H3. The summed E-state index contributed by atoms with van der Waals surface area (Å²) in [7, 11) is 0. The molecule has 16 heavy (non-hydrogen) atoms. The summed E-state index contributed by atoms with van der Waals surface area (Å²) in [5.74, 6) is 0.939. The lowest BCUT2D eigenvalue weighted by atomic mass is 9.78. The molecule has 1 aliphatic carbocycles. The fraction of sp³-hybridized carbons (Fsp3) is 0.429. The molecule has 0 radical (unpaired) electrons. The zero-order valence-electron chi connectivity index (χ0n) is 9.44. The number of nitrogens with zero attached hydrogens (tertiary/aromatic N) is 1. The predicted octanol–water partition coefficient (Wildman–Crippen LogP) is 3.03. The zero-order chi connectivity index (χ0) is 11.5. The number of carbonyl (C=O) groups excluding carboxylic acids is 1. The third-order valence-corrected chi connectivity index (χ3v) is 3.33. The van der Waals surface area contributed by atoms with Gasteiger partial charge < -0.3 is 0 Å². The van der Waals surface area contributed by atoms with Gasteiger partial charge in [0, 0.05) is 12.3 Å². The van der Waals surface area contributed by atoms with Crippen molar-refractivity contribution in [1.29, 1.82) is 5.26 Å². The van der Waals surface area contributed by atoms with Crippen molar-refractivity contribution in [1.82, 2.24) is 0 Å². The van der Waals surface area contributed by atoms with E-state index >= 15 is 0 Å². The zero-order valence-corrected chi connectivity index (χ0v) is 9.44. The molecule has 1 aromatic carbocycles. The molecule has 2 heteroatoms. The van der Waals surface area contributed by atoms with E-state index in [4.69, 9.17) is 5.26 Å². The van der Waals surface area contributed by atoms with E-state index < -0.39 is 0 Å². The molecule has 0 N–H and O–H groups in total. The summed E-state index contributed by atoms with van der Waals surface area (Å²) in [4.78, 5) is 11.9.